The Morgan fingerprint density at radius 3 is 2.74 bits per heavy atom. The minimum Gasteiger partial charge on any atom is -0.494 e. The molecule has 3 rings (SSSR count). The van der Waals surface area contributed by atoms with Crippen LogP contribution >= 0.6 is 0 Å². The van der Waals surface area contributed by atoms with E-state index in [9.17, 15) is 4.79 Å². The van der Waals surface area contributed by atoms with Crippen LogP contribution in [-0.4, -0.2) is 22.4 Å². The van der Waals surface area contributed by atoms with Crippen LogP contribution in [0.15, 0.2) is 58.7 Å². The van der Waals surface area contributed by atoms with Gasteiger partial charge in [-0.1, -0.05) is 0 Å². The smallest absolute Gasteiger partial charge is 0.259 e. The van der Waals surface area contributed by atoms with Gasteiger partial charge in [0.25, 0.3) is 5.56 Å². The molecule has 23 heavy (non-hydrogen) atoms. The molecule has 0 aliphatic heterocycles. The molecule has 5 heteroatoms. The van der Waals surface area contributed by atoms with Crippen LogP contribution in [0.3, 0.4) is 0 Å². The first-order chi connectivity index (χ1) is 11.2. The number of fused-ring (bicyclic) bond motifs is 1. The Bertz CT molecular complexity index is 912. The Balaban J connectivity index is 1.98. The predicted octanol–water partition coefficient (Wildman–Crippen LogP) is 3.08. The van der Waals surface area contributed by atoms with Gasteiger partial charge in [0.1, 0.15) is 5.75 Å². The summed E-state index contributed by atoms with van der Waals surface area (Å²) in [5, 5.41) is 1.43. The van der Waals surface area contributed by atoms with Gasteiger partial charge in [0, 0.05) is 42.8 Å². The number of benzene rings is 1. The Morgan fingerprint density at radius 2 is 2.00 bits per heavy atom. The molecule has 0 aliphatic rings. The second-order valence-electron chi connectivity index (χ2n) is 5.11. The molecule has 0 bridgehead atoms. The fourth-order valence-electron chi connectivity index (χ4n) is 2.39. The van der Waals surface area contributed by atoms with Crippen LogP contribution < -0.4 is 10.3 Å². The molecule has 3 aromatic rings. The summed E-state index contributed by atoms with van der Waals surface area (Å²) >= 11 is 0. The molecule has 1 aromatic carbocycles. The number of aliphatic imine (C=N–C) groups is 1. The largest absolute Gasteiger partial charge is 0.494 e. The highest BCUT2D eigenvalue weighted by Crippen LogP contribution is 2.19. The molecule has 0 spiro atoms. The van der Waals surface area contributed by atoms with Gasteiger partial charge in [0.2, 0.25) is 0 Å². The lowest BCUT2D eigenvalue weighted by Crippen LogP contribution is -2.17. The molecular weight excluding hydrogens is 290 g/mol. The first-order valence-corrected chi connectivity index (χ1v) is 7.39. The second-order valence-corrected chi connectivity index (χ2v) is 5.11. The maximum absolute atomic E-state index is 12.1. The first kappa shape index (κ1) is 15.0. The molecule has 2 heterocycles. The van der Waals surface area contributed by atoms with Gasteiger partial charge in [-0.05, 0) is 37.3 Å². The van der Waals surface area contributed by atoms with Gasteiger partial charge in [0.15, 0.2) is 0 Å². The molecule has 116 valence electrons. The first-order valence-electron chi connectivity index (χ1n) is 7.39. The van der Waals surface area contributed by atoms with Gasteiger partial charge in [-0.25, -0.2) is 0 Å². The van der Waals surface area contributed by atoms with Crippen molar-refractivity contribution in [1.82, 2.24) is 9.55 Å². The highest BCUT2D eigenvalue weighted by Gasteiger charge is 2.05. The fraction of sp³-hybridized carbons (Fsp3) is 0.167. The van der Waals surface area contributed by atoms with Crippen molar-refractivity contribution in [3.05, 3.63) is 64.8 Å². The zero-order chi connectivity index (χ0) is 16.2. The molecule has 0 aliphatic carbocycles. The number of aryl methyl sites for hydroxylation is 1. The predicted molar refractivity (Wildman–Crippen MR) is 91.8 cm³/mol. The summed E-state index contributed by atoms with van der Waals surface area (Å²) in [4.78, 5) is 20.6. The van der Waals surface area contributed by atoms with E-state index in [0.29, 0.717) is 12.0 Å². The van der Waals surface area contributed by atoms with Crippen molar-refractivity contribution in [3.8, 4) is 5.75 Å². The lowest BCUT2D eigenvalue weighted by molar-refractivity contribution is 0.340. The number of hydrogen-bond donors (Lipinski definition) is 0. The topological polar surface area (TPSA) is 56.5 Å². The van der Waals surface area contributed by atoms with E-state index in [4.69, 9.17) is 4.74 Å². The normalized spacial score (nSPS) is 11.2. The minimum absolute atomic E-state index is 0.0636. The SMILES string of the molecule is CCOc1ccc(N=Cc2cn(C)c(=O)c3cnccc23)cc1. The second kappa shape index (κ2) is 6.44. The summed E-state index contributed by atoms with van der Waals surface area (Å²) in [5.74, 6) is 0.824. The maximum Gasteiger partial charge on any atom is 0.259 e. The van der Waals surface area contributed by atoms with Crippen LogP contribution in [0.2, 0.25) is 0 Å². The van der Waals surface area contributed by atoms with Crippen LogP contribution in [-0.2, 0) is 7.05 Å². The number of ether oxygens (including phenoxy) is 1. The molecular formula is C18H17N3O2. The van der Waals surface area contributed by atoms with Crippen molar-refractivity contribution in [3.63, 3.8) is 0 Å². The van der Waals surface area contributed by atoms with Crippen molar-refractivity contribution in [2.24, 2.45) is 12.0 Å². The van der Waals surface area contributed by atoms with Crippen LogP contribution in [0.1, 0.15) is 12.5 Å². The monoisotopic (exact) mass is 307 g/mol. The molecule has 0 N–H and O–H groups in total. The molecule has 0 unspecified atom stereocenters. The lowest BCUT2D eigenvalue weighted by atomic mass is 10.1. The molecule has 0 saturated carbocycles. The maximum atomic E-state index is 12.1. The highest BCUT2D eigenvalue weighted by atomic mass is 16.5. The Morgan fingerprint density at radius 1 is 1.22 bits per heavy atom. The standard InChI is InChI=1S/C18H17N3O2/c1-3-23-15-6-4-14(5-7-15)20-10-13-12-21(2)18(22)17-11-19-9-8-16(13)17/h4-12H,3H2,1-2H3. The van der Waals surface area contributed by atoms with E-state index in [1.807, 2.05) is 37.3 Å². The zero-order valence-electron chi connectivity index (χ0n) is 13.1. The molecule has 0 atom stereocenters. The molecule has 0 fully saturated rings. The number of pyridine rings is 2. The van der Waals surface area contributed by atoms with Gasteiger partial charge >= 0.3 is 0 Å². The summed E-state index contributed by atoms with van der Waals surface area (Å²) < 4.78 is 6.96. The summed E-state index contributed by atoms with van der Waals surface area (Å²) in [6.45, 7) is 2.59. The third-order valence-electron chi connectivity index (χ3n) is 3.52. The summed E-state index contributed by atoms with van der Waals surface area (Å²) in [5.41, 5.74) is 1.63. The van der Waals surface area contributed by atoms with Gasteiger partial charge in [-0.2, -0.15) is 0 Å². The van der Waals surface area contributed by atoms with Crippen molar-refractivity contribution in [1.29, 1.82) is 0 Å². The average Bonchev–Trinajstić information content (AvgIpc) is 2.58. The Labute approximate surface area is 133 Å². The van der Waals surface area contributed by atoms with Crippen LogP contribution in [0.25, 0.3) is 10.8 Å². The fourth-order valence-corrected chi connectivity index (χ4v) is 2.39. The summed E-state index contributed by atoms with van der Waals surface area (Å²) in [6, 6.07) is 9.40. The molecule has 0 amide bonds. The quantitative estimate of drug-likeness (QED) is 0.696. The van der Waals surface area contributed by atoms with E-state index in [-0.39, 0.29) is 5.56 Å². The third-order valence-corrected chi connectivity index (χ3v) is 3.52. The highest BCUT2D eigenvalue weighted by molar-refractivity contribution is 5.99. The van der Waals surface area contributed by atoms with Gasteiger partial charge < -0.3 is 9.30 Å². The van der Waals surface area contributed by atoms with E-state index < -0.39 is 0 Å². The van der Waals surface area contributed by atoms with Crippen LogP contribution in [0.5, 0.6) is 5.75 Å². The molecule has 2 aromatic heterocycles. The number of hydrogen-bond acceptors (Lipinski definition) is 4. The number of aromatic nitrogens is 2. The molecule has 0 radical (unpaired) electrons. The molecule has 5 nitrogen and oxygen atoms in total. The van der Waals surface area contributed by atoms with Crippen molar-refractivity contribution < 1.29 is 4.74 Å². The van der Waals surface area contributed by atoms with E-state index in [2.05, 4.69) is 9.98 Å². The van der Waals surface area contributed by atoms with E-state index in [1.165, 1.54) is 0 Å². The average molecular weight is 307 g/mol. The lowest BCUT2D eigenvalue weighted by Gasteiger charge is -2.05. The van der Waals surface area contributed by atoms with Gasteiger partial charge in [0.05, 0.1) is 17.7 Å². The van der Waals surface area contributed by atoms with Crippen molar-refractivity contribution >= 4 is 22.7 Å². The van der Waals surface area contributed by atoms with Crippen LogP contribution in [0, 0.1) is 0 Å². The minimum atomic E-state index is -0.0636. The number of rotatable bonds is 4. The Kier molecular flexibility index (Phi) is 4.19. The van der Waals surface area contributed by atoms with E-state index >= 15 is 0 Å². The van der Waals surface area contributed by atoms with Gasteiger partial charge in [-0.3, -0.25) is 14.8 Å². The summed E-state index contributed by atoms with van der Waals surface area (Å²) in [6.07, 6.45) is 6.81. The van der Waals surface area contributed by atoms with Crippen molar-refractivity contribution in [2.75, 3.05) is 6.61 Å². The van der Waals surface area contributed by atoms with Gasteiger partial charge in [-0.15, -0.1) is 0 Å². The third kappa shape index (κ3) is 3.13. The summed E-state index contributed by atoms with van der Waals surface area (Å²) in [7, 11) is 1.73. The van der Waals surface area contributed by atoms with E-state index in [0.717, 1.165) is 22.4 Å². The zero-order valence-corrected chi connectivity index (χ0v) is 13.1. The Hall–Kier alpha value is -2.95. The molecule has 0 saturated heterocycles. The van der Waals surface area contributed by atoms with Crippen LogP contribution in [0.4, 0.5) is 5.69 Å². The van der Waals surface area contributed by atoms with Crippen molar-refractivity contribution in [2.45, 2.75) is 6.92 Å². The number of nitrogens with zero attached hydrogens (tertiary/aromatic N) is 3. The van der Waals surface area contributed by atoms with E-state index in [1.54, 1.807) is 36.4 Å².